The van der Waals surface area contributed by atoms with E-state index in [1.165, 1.54) is 12.8 Å². The highest BCUT2D eigenvalue weighted by molar-refractivity contribution is 7.90. The zero-order chi connectivity index (χ0) is 20.0. The average Bonchev–Trinajstić information content (AvgIpc) is 3.23. The van der Waals surface area contributed by atoms with Crippen molar-refractivity contribution >= 4 is 21.7 Å². The fourth-order valence-corrected chi connectivity index (χ4v) is 5.19. The third-order valence-electron chi connectivity index (χ3n) is 5.46. The lowest BCUT2D eigenvalue weighted by molar-refractivity contribution is -0.142. The maximum Gasteiger partial charge on any atom is 0.322 e. The van der Waals surface area contributed by atoms with Crippen LogP contribution in [-0.4, -0.2) is 83.5 Å². The molecule has 156 valence electrons. The minimum atomic E-state index is -3.43. The molecular weight excluding hydrogens is 380 g/mol. The van der Waals surface area contributed by atoms with E-state index in [0.717, 1.165) is 39.1 Å². The molecule has 3 rings (SSSR count). The van der Waals surface area contributed by atoms with Gasteiger partial charge in [-0.1, -0.05) is 18.2 Å². The highest BCUT2D eigenvalue weighted by Crippen LogP contribution is 2.16. The number of hydrogen-bond acceptors (Lipinski definition) is 7. The number of esters is 1. The van der Waals surface area contributed by atoms with E-state index in [-0.39, 0.29) is 13.0 Å². The smallest absolute Gasteiger partial charge is 0.322 e. The number of anilines is 1. The lowest BCUT2D eigenvalue weighted by atomic mass is 10.2. The van der Waals surface area contributed by atoms with Crippen molar-refractivity contribution in [3.8, 4) is 0 Å². The topological polar surface area (TPSA) is 91.0 Å². The van der Waals surface area contributed by atoms with E-state index >= 15 is 0 Å². The standard InChI is InChI=1S/C19H30N4O4S/c1-27-19(24)18-14-17(15-20-18)28(25,26)21-8-5-9-22-10-12-23(13-11-22)16-6-3-2-4-7-16/h2-4,6-7,17-18,20-21H,5,8-15H2,1H3. The van der Waals surface area contributed by atoms with Gasteiger partial charge in [-0.05, 0) is 31.5 Å². The molecule has 0 amide bonds. The van der Waals surface area contributed by atoms with Gasteiger partial charge in [0.15, 0.2) is 0 Å². The van der Waals surface area contributed by atoms with Crippen molar-refractivity contribution in [3.63, 3.8) is 0 Å². The Labute approximate surface area is 167 Å². The van der Waals surface area contributed by atoms with Crippen LogP contribution < -0.4 is 14.9 Å². The van der Waals surface area contributed by atoms with Crippen LogP contribution in [0.2, 0.25) is 0 Å². The zero-order valence-electron chi connectivity index (χ0n) is 16.3. The van der Waals surface area contributed by atoms with Gasteiger partial charge in [0.2, 0.25) is 10.0 Å². The second kappa shape index (κ2) is 9.69. The molecule has 2 fully saturated rings. The molecule has 1 aromatic rings. The van der Waals surface area contributed by atoms with Crippen LogP contribution in [-0.2, 0) is 19.6 Å². The summed E-state index contributed by atoms with van der Waals surface area (Å²) in [6, 6.07) is 9.87. The lowest BCUT2D eigenvalue weighted by Gasteiger charge is -2.36. The Morgan fingerprint density at radius 3 is 2.61 bits per heavy atom. The number of benzene rings is 1. The Bertz CT molecular complexity index is 736. The Morgan fingerprint density at radius 2 is 1.93 bits per heavy atom. The van der Waals surface area contributed by atoms with Crippen LogP contribution in [0.15, 0.2) is 30.3 Å². The summed E-state index contributed by atoms with van der Waals surface area (Å²) in [5.74, 6) is -0.410. The Morgan fingerprint density at radius 1 is 1.21 bits per heavy atom. The van der Waals surface area contributed by atoms with Crippen LogP contribution in [0.1, 0.15) is 12.8 Å². The number of nitrogens with zero attached hydrogens (tertiary/aromatic N) is 2. The predicted molar refractivity (Wildman–Crippen MR) is 109 cm³/mol. The number of carbonyl (C=O) groups excluding carboxylic acids is 1. The molecular formula is C19H30N4O4S. The highest BCUT2D eigenvalue weighted by atomic mass is 32.2. The van der Waals surface area contributed by atoms with Gasteiger partial charge < -0.3 is 15.0 Å². The average molecular weight is 411 g/mol. The summed E-state index contributed by atoms with van der Waals surface area (Å²) in [5, 5.41) is 2.32. The quantitative estimate of drug-likeness (QED) is 0.461. The van der Waals surface area contributed by atoms with Crippen molar-refractivity contribution in [1.82, 2.24) is 14.9 Å². The molecule has 0 spiro atoms. The first-order valence-electron chi connectivity index (χ1n) is 9.81. The number of rotatable bonds is 8. The maximum atomic E-state index is 12.4. The minimum Gasteiger partial charge on any atom is -0.468 e. The number of piperazine rings is 1. The molecule has 2 aliphatic rings. The van der Waals surface area contributed by atoms with Crippen LogP contribution in [0.5, 0.6) is 0 Å². The number of carbonyl (C=O) groups is 1. The summed E-state index contributed by atoms with van der Waals surface area (Å²) >= 11 is 0. The summed E-state index contributed by atoms with van der Waals surface area (Å²) in [5.41, 5.74) is 1.25. The molecule has 2 aliphatic heterocycles. The van der Waals surface area contributed by atoms with Crippen LogP contribution in [0.4, 0.5) is 5.69 Å². The van der Waals surface area contributed by atoms with Crippen LogP contribution in [0.25, 0.3) is 0 Å². The molecule has 2 saturated heterocycles. The van der Waals surface area contributed by atoms with Crippen molar-refractivity contribution in [3.05, 3.63) is 30.3 Å². The molecule has 0 saturated carbocycles. The summed E-state index contributed by atoms with van der Waals surface area (Å²) in [7, 11) is -2.12. The molecule has 2 atom stereocenters. The molecule has 0 bridgehead atoms. The van der Waals surface area contributed by atoms with Gasteiger partial charge in [0.25, 0.3) is 0 Å². The molecule has 1 aromatic carbocycles. The largest absolute Gasteiger partial charge is 0.468 e. The third-order valence-corrected chi connectivity index (χ3v) is 7.31. The van der Waals surface area contributed by atoms with E-state index < -0.39 is 27.3 Å². The SMILES string of the molecule is COC(=O)C1CC(S(=O)(=O)NCCCN2CCN(c3ccccc3)CC2)CN1. The maximum absolute atomic E-state index is 12.4. The zero-order valence-corrected chi connectivity index (χ0v) is 17.2. The van der Waals surface area contributed by atoms with Gasteiger partial charge in [0.05, 0.1) is 12.4 Å². The van der Waals surface area contributed by atoms with E-state index in [2.05, 4.69) is 48.8 Å². The number of ether oxygens (including phenoxy) is 1. The van der Waals surface area contributed by atoms with Crippen LogP contribution in [0.3, 0.4) is 0 Å². The Hall–Kier alpha value is -1.68. The fourth-order valence-electron chi connectivity index (χ4n) is 3.76. The van der Waals surface area contributed by atoms with E-state index in [4.69, 9.17) is 0 Å². The number of methoxy groups -OCH3 is 1. The van der Waals surface area contributed by atoms with Crippen molar-refractivity contribution in [2.75, 3.05) is 57.8 Å². The summed E-state index contributed by atoms with van der Waals surface area (Å²) in [4.78, 5) is 16.3. The van der Waals surface area contributed by atoms with Crippen LogP contribution >= 0.6 is 0 Å². The summed E-state index contributed by atoms with van der Waals surface area (Å²) in [6.45, 7) is 5.50. The second-order valence-corrected chi connectivity index (χ2v) is 9.34. The predicted octanol–water partition coefficient (Wildman–Crippen LogP) is 0.0216. The molecule has 0 radical (unpaired) electrons. The Balaban J connectivity index is 1.34. The number of nitrogens with one attached hydrogen (secondary N) is 2. The molecule has 2 heterocycles. The molecule has 0 aromatic heterocycles. The van der Waals surface area contributed by atoms with Gasteiger partial charge in [0.1, 0.15) is 6.04 Å². The first-order valence-corrected chi connectivity index (χ1v) is 11.4. The summed E-state index contributed by atoms with van der Waals surface area (Å²) in [6.07, 6.45) is 1.02. The van der Waals surface area contributed by atoms with Gasteiger partial charge in [-0.25, -0.2) is 13.1 Å². The van der Waals surface area contributed by atoms with E-state index in [1.807, 2.05) is 6.07 Å². The van der Waals surface area contributed by atoms with Gasteiger partial charge in [-0.3, -0.25) is 9.69 Å². The molecule has 28 heavy (non-hydrogen) atoms. The minimum absolute atomic E-state index is 0.253. The van der Waals surface area contributed by atoms with Crippen molar-refractivity contribution in [1.29, 1.82) is 0 Å². The number of para-hydroxylation sites is 1. The molecule has 2 unspecified atom stereocenters. The molecule has 8 nitrogen and oxygen atoms in total. The van der Waals surface area contributed by atoms with E-state index in [1.54, 1.807) is 0 Å². The molecule has 2 N–H and O–H groups in total. The highest BCUT2D eigenvalue weighted by Gasteiger charge is 2.37. The van der Waals surface area contributed by atoms with Gasteiger partial charge in [-0.2, -0.15) is 0 Å². The van der Waals surface area contributed by atoms with Gasteiger partial charge in [-0.15, -0.1) is 0 Å². The number of sulfonamides is 1. The molecule has 9 heteroatoms. The monoisotopic (exact) mass is 410 g/mol. The van der Waals surface area contributed by atoms with Crippen molar-refractivity contribution in [2.24, 2.45) is 0 Å². The number of hydrogen-bond donors (Lipinski definition) is 2. The van der Waals surface area contributed by atoms with E-state index in [0.29, 0.717) is 6.54 Å². The molecule has 0 aliphatic carbocycles. The fraction of sp³-hybridized carbons (Fsp3) is 0.632. The first-order chi connectivity index (χ1) is 13.5. The second-order valence-electron chi connectivity index (χ2n) is 7.30. The van der Waals surface area contributed by atoms with Crippen molar-refractivity contribution in [2.45, 2.75) is 24.1 Å². The van der Waals surface area contributed by atoms with Gasteiger partial charge in [0, 0.05) is 45.0 Å². The Kier molecular flexibility index (Phi) is 7.28. The van der Waals surface area contributed by atoms with E-state index in [9.17, 15) is 13.2 Å². The third kappa shape index (κ3) is 5.44. The van der Waals surface area contributed by atoms with Crippen molar-refractivity contribution < 1.29 is 17.9 Å². The lowest BCUT2D eigenvalue weighted by Crippen LogP contribution is -2.47. The normalized spacial score (nSPS) is 23.7. The van der Waals surface area contributed by atoms with Gasteiger partial charge >= 0.3 is 5.97 Å². The first kappa shape index (κ1) is 21.0. The van der Waals surface area contributed by atoms with Crippen LogP contribution in [0, 0.1) is 0 Å². The summed E-state index contributed by atoms with van der Waals surface area (Å²) < 4.78 is 32.2.